The Kier molecular flexibility index (Phi) is 5.89. The molecule has 3 aromatic rings. The van der Waals surface area contributed by atoms with Crippen LogP contribution >= 0.6 is 11.3 Å². The predicted octanol–water partition coefficient (Wildman–Crippen LogP) is 3.43. The standard InChI is InChI=1S/C20H22N4O3S/c1-11-12(2)28-20-17(11)18(23-13(3)24-20)22-10-14-4-6-15(7-5-14)19(27)21-9-8-16(25)26/h4-7H,8-10H2,1-3H3,(H,21,27)(H,25,26)(H,22,23,24). The summed E-state index contributed by atoms with van der Waals surface area (Å²) in [5, 5.41) is 15.7. The van der Waals surface area contributed by atoms with Crippen molar-refractivity contribution in [2.45, 2.75) is 33.7 Å². The van der Waals surface area contributed by atoms with Gasteiger partial charge < -0.3 is 15.7 Å². The molecule has 1 amide bonds. The number of carbonyl (C=O) groups excluding carboxylic acids is 1. The average Bonchev–Trinajstić information content (AvgIpc) is 2.93. The van der Waals surface area contributed by atoms with E-state index in [1.165, 1.54) is 10.4 Å². The summed E-state index contributed by atoms with van der Waals surface area (Å²) in [5.74, 6) is 0.328. The van der Waals surface area contributed by atoms with Gasteiger partial charge in [-0.1, -0.05) is 12.1 Å². The van der Waals surface area contributed by atoms with Crippen LogP contribution in [0.4, 0.5) is 5.82 Å². The zero-order valence-corrected chi connectivity index (χ0v) is 16.8. The molecule has 1 aromatic carbocycles. The number of anilines is 1. The highest BCUT2D eigenvalue weighted by Gasteiger charge is 2.13. The van der Waals surface area contributed by atoms with Gasteiger partial charge in [-0.15, -0.1) is 11.3 Å². The fourth-order valence-electron chi connectivity index (χ4n) is 2.83. The molecule has 0 unspecified atom stereocenters. The molecule has 2 heterocycles. The minimum atomic E-state index is -0.938. The quantitative estimate of drug-likeness (QED) is 0.563. The molecule has 2 aromatic heterocycles. The Morgan fingerprint density at radius 3 is 2.50 bits per heavy atom. The zero-order chi connectivity index (χ0) is 20.3. The molecular formula is C20H22N4O3S. The van der Waals surface area contributed by atoms with Crippen molar-refractivity contribution in [3.05, 3.63) is 51.7 Å². The minimum absolute atomic E-state index is 0.0952. The Morgan fingerprint density at radius 1 is 1.11 bits per heavy atom. The van der Waals surface area contributed by atoms with E-state index in [9.17, 15) is 9.59 Å². The molecule has 0 saturated heterocycles. The van der Waals surface area contributed by atoms with Gasteiger partial charge in [0.05, 0.1) is 11.8 Å². The third-order valence-electron chi connectivity index (χ3n) is 4.44. The van der Waals surface area contributed by atoms with Crippen LogP contribution in [0.1, 0.15) is 38.6 Å². The van der Waals surface area contributed by atoms with Gasteiger partial charge in [0, 0.05) is 23.5 Å². The summed E-state index contributed by atoms with van der Waals surface area (Å²) >= 11 is 1.67. The monoisotopic (exact) mass is 398 g/mol. The van der Waals surface area contributed by atoms with Crippen molar-refractivity contribution >= 4 is 39.2 Å². The lowest BCUT2D eigenvalue weighted by molar-refractivity contribution is -0.136. The smallest absolute Gasteiger partial charge is 0.305 e. The van der Waals surface area contributed by atoms with Gasteiger partial charge in [-0.05, 0) is 44.0 Å². The number of nitrogens with zero attached hydrogens (tertiary/aromatic N) is 2. The Hall–Kier alpha value is -3.00. The van der Waals surface area contributed by atoms with Crippen LogP contribution in [-0.4, -0.2) is 33.5 Å². The summed E-state index contributed by atoms with van der Waals surface area (Å²) in [6.07, 6.45) is -0.0952. The maximum absolute atomic E-state index is 12.0. The van der Waals surface area contributed by atoms with Crippen LogP contribution in [0, 0.1) is 20.8 Å². The van der Waals surface area contributed by atoms with Crippen LogP contribution in [0.25, 0.3) is 10.2 Å². The highest BCUT2D eigenvalue weighted by atomic mass is 32.1. The Balaban J connectivity index is 1.68. The largest absolute Gasteiger partial charge is 0.481 e. The van der Waals surface area contributed by atoms with E-state index in [1.54, 1.807) is 23.5 Å². The van der Waals surface area contributed by atoms with E-state index in [0.29, 0.717) is 12.1 Å². The molecule has 3 N–H and O–H groups in total. The summed E-state index contributed by atoms with van der Waals surface area (Å²) < 4.78 is 0. The summed E-state index contributed by atoms with van der Waals surface area (Å²) in [7, 11) is 0. The number of nitrogens with one attached hydrogen (secondary N) is 2. The number of rotatable bonds is 7. The zero-order valence-electron chi connectivity index (χ0n) is 16.0. The Labute approximate surface area is 166 Å². The fraction of sp³-hybridized carbons (Fsp3) is 0.300. The molecule has 0 fully saturated rings. The summed E-state index contributed by atoms with van der Waals surface area (Å²) in [6, 6.07) is 7.20. The molecule has 3 rings (SSSR count). The number of hydrogen-bond acceptors (Lipinski definition) is 6. The molecule has 146 valence electrons. The summed E-state index contributed by atoms with van der Waals surface area (Å²) in [4.78, 5) is 33.8. The number of aliphatic carboxylic acids is 1. The average molecular weight is 398 g/mol. The predicted molar refractivity (Wildman–Crippen MR) is 110 cm³/mol. The highest BCUT2D eigenvalue weighted by Crippen LogP contribution is 2.33. The number of carboxylic acid groups (broad SMARTS) is 1. The van der Waals surface area contributed by atoms with E-state index >= 15 is 0 Å². The first-order valence-electron chi connectivity index (χ1n) is 8.92. The van der Waals surface area contributed by atoms with Gasteiger partial charge in [-0.2, -0.15) is 0 Å². The molecule has 7 nitrogen and oxygen atoms in total. The first kappa shape index (κ1) is 19.8. The molecular weight excluding hydrogens is 376 g/mol. The van der Waals surface area contributed by atoms with Gasteiger partial charge >= 0.3 is 5.97 Å². The normalized spacial score (nSPS) is 10.8. The number of carboxylic acids is 1. The van der Waals surface area contributed by atoms with E-state index < -0.39 is 5.97 Å². The van der Waals surface area contributed by atoms with Crippen molar-refractivity contribution in [2.24, 2.45) is 0 Å². The number of aryl methyl sites for hydroxylation is 3. The molecule has 8 heteroatoms. The fourth-order valence-corrected chi connectivity index (χ4v) is 3.90. The molecule has 0 aliphatic carbocycles. The number of fused-ring (bicyclic) bond motifs is 1. The van der Waals surface area contributed by atoms with E-state index in [1.807, 2.05) is 19.1 Å². The number of carbonyl (C=O) groups is 2. The Morgan fingerprint density at radius 2 is 1.82 bits per heavy atom. The van der Waals surface area contributed by atoms with Crippen LogP contribution < -0.4 is 10.6 Å². The van der Waals surface area contributed by atoms with E-state index in [0.717, 1.165) is 27.4 Å². The second-order valence-corrected chi connectivity index (χ2v) is 7.74. The van der Waals surface area contributed by atoms with Gasteiger partial charge in [0.25, 0.3) is 5.91 Å². The number of amides is 1. The van der Waals surface area contributed by atoms with Gasteiger partial charge in [-0.25, -0.2) is 9.97 Å². The van der Waals surface area contributed by atoms with Crippen LogP contribution in [0.5, 0.6) is 0 Å². The van der Waals surface area contributed by atoms with Crippen molar-refractivity contribution in [3.63, 3.8) is 0 Å². The highest BCUT2D eigenvalue weighted by molar-refractivity contribution is 7.18. The lowest BCUT2D eigenvalue weighted by Crippen LogP contribution is -2.25. The van der Waals surface area contributed by atoms with Crippen LogP contribution in [-0.2, 0) is 11.3 Å². The first-order chi connectivity index (χ1) is 13.3. The lowest BCUT2D eigenvalue weighted by atomic mass is 10.1. The SMILES string of the molecule is Cc1nc(NCc2ccc(C(=O)NCCC(=O)O)cc2)c2c(C)c(C)sc2n1. The van der Waals surface area contributed by atoms with E-state index in [-0.39, 0.29) is 18.9 Å². The topological polar surface area (TPSA) is 104 Å². The second-order valence-electron chi connectivity index (χ2n) is 6.53. The molecule has 28 heavy (non-hydrogen) atoms. The molecule has 0 aliphatic heterocycles. The third-order valence-corrected chi connectivity index (χ3v) is 5.54. The second kappa shape index (κ2) is 8.35. The first-order valence-corrected chi connectivity index (χ1v) is 9.74. The molecule has 0 aliphatic rings. The lowest BCUT2D eigenvalue weighted by Gasteiger charge is -2.09. The molecule has 0 radical (unpaired) electrons. The number of hydrogen-bond donors (Lipinski definition) is 3. The van der Waals surface area contributed by atoms with Crippen molar-refractivity contribution in [1.82, 2.24) is 15.3 Å². The van der Waals surface area contributed by atoms with Crippen molar-refractivity contribution in [3.8, 4) is 0 Å². The minimum Gasteiger partial charge on any atom is -0.481 e. The van der Waals surface area contributed by atoms with Gasteiger partial charge in [0.15, 0.2) is 0 Å². The van der Waals surface area contributed by atoms with Crippen molar-refractivity contribution in [1.29, 1.82) is 0 Å². The maximum atomic E-state index is 12.0. The maximum Gasteiger partial charge on any atom is 0.305 e. The van der Waals surface area contributed by atoms with E-state index in [4.69, 9.17) is 5.11 Å². The van der Waals surface area contributed by atoms with Crippen LogP contribution in [0.2, 0.25) is 0 Å². The summed E-state index contributed by atoms with van der Waals surface area (Å²) in [5.41, 5.74) is 2.70. The van der Waals surface area contributed by atoms with E-state index in [2.05, 4.69) is 34.4 Å². The van der Waals surface area contributed by atoms with Gasteiger partial charge in [0.2, 0.25) is 0 Å². The van der Waals surface area contributed by atoms with Crippen LogP contribution in [0.3, 0.4) is 0 Å². The number of thiophene rings is 1. The molecule has 0 spiro atoms. The van der Waals surface area contributed by atoms with Gasteiger partial charge in [0.1, 0.15) is 16.5 Å². The number of aromatic nitrogens is 2. The van der Waals surface area contributed by atoms with Crippen LogP contribution in [0.15, 0.2) is 24.3 Å². The molecule has 0 atom stereocenters. The van der Waals surface area contributed by atoms with Gasteiger partial charge in [-0.3, -0.25) is 9.59 Å². The molecule has 0 saturated carbocycles. The van der Waals surface area contributed by atoms with Crippen molar-refractivity contribution in [2.75, 3.05) is 11.9 Å². The number of benzene rings is 1. The Bertz CT molecular complexity index is 1030. The van der Waals surface area contributed by atoms with Crippen molar-refractivity contribution < 1.29 is 14.7 Å². The summed E-state index contributed by atoms with van der Waals surface area (Å²) in [6.45, 7) is 6.73. The molecule has 0 bridgehead atoms. The third kappa shape index (κ3) is 4.45.